The van der Waals surface area contributed by atoms with E-state index in [2.05, 4.69) is 38.6 Å². The molecule has 0 bridgehead atoms. The van der Waals surface area contributed by atoms with Gasteiger partial charge in [0.2, 0.25) is 5.95 Å². The molecule has 0 fully saturated rings. The van der Waals surface area contributed by atoms with Crippen LogP contribution in [-0.2, 0) is 6.54 Å². The molecule has 1 N–H and O–H groups in total. The second-order valence-corrected chi connectivity index (χ2v) is 4.20. The second kappa shape index (κ2) is 3.84. The lowest BCUT2D eigenvalue weighted by molar-refractivity contribution is 0.817. The summed E-state index contributed by atoms with van der Waals surface area (Å²) in [4.78, 5) is 5.71. The predicted octanol–water partition coefficient (Wildman–Crippen LogP) is 2.34. The fourth-order valence-corrected chi connectivity index (χ4v) is 2.14. The Morgan fingerprint density at radius 1 is 1.57 bits per heavy atom. The summed E-state index contributed by atoms with van der Waals surface area (Å²) in [5, 5.41) is 5.18. The molecule has 0 aliphatic heterocycles. The number of hydrogen-bond donors (Lipinski definition) is 1. The summed E-state index contributed by atoms with van der Waals surface area (Å²) in [6.07, 6.45) is 2.06. The number of rotatable bonds is 3. The Labute approximate surface area is 87.4 Å². The predicted molar refractivity (Wildman–Crippen MR) is 59.9 cm³/mol. The second-order valence-electron chi connectivity index (χ2n) is 3.16. The highest BCUT2D eigenvalue weighted by atomic mass is 32.1. The quantitative estimate of drug-likeness (QED) is 0.837. The van der Waals surface area contributed by atoms with Crippen LogP contribution in [0.25, 0.3) is 0 Å². The Morgan fingerprint density at radius 3 is 3.07 bits per heavy atom. The maximum Gasteiger partial charge on any atom is 0.203 e. The SMILES string of the molecule is CNc1nc(C)cn1Cc1cccs1. The van der Waals surface area contributed by atoms with Gasteiger partial charge in [0.15, 0.2) is 0 Å². The summed E-state index contributed by atoms with van der Waals surface area (Å²) in [6, 6.07) is 4.21. The van der Waals surface area contributed by atoms with Crippen LogP contribution >= 0.6 is 11.3 Å². The molecule has 0 atom stereocenters. The van der Waals surface area contributed by atoms with Crippen molar-refractivity contribution in [2.24, 2.45) is 0 Å². The molecule has 2 aromatic rings. The number of hydrogen-bond acceptors (Lipinski definition) is 3. The van der Waals surface area contributed by atoms with Crippen molar-refractivity contribution >= 4 is 17.3 Å². The van der Waals surface area contributed by atoms with Crippen molar-refractivity contribution in [1.29, 1.82) is 0 Å². The van der Waals surface area contributed by atoms with Gasteiger partial charge in [0.1, 0.15) is 0 Å². The summed E-state index contributed by atoms with van der Waals surface area (Å²) in [5.74, 6) is 0.927. The van der Waals surface area contributed by atoms with E-state index in [9.17, 15) is 0 Å². The van der Waals surface area contributed by atoms with Gasteiger partial charge in [0.05, 0.1) is 12.2 Å². The molecule has 0 saturated heterocycles. The fraction of sp³-hybridized carbons (Fsp3) is 0.300. The highest BCUT2D eigenvalue weighted by Gasteiger charge is 2.04. The van der Waals surface area contributed by atoms with Gasteiger partial charge < -0.3 is 9.88 Å². The van der Waals surface area contributed by atoms with E-state index in [1.165, 1.54) is 4.88 Å². The number of aromatic nitrogens is 2. The number of anilines is 1. The van der Waals surface area contributed by atoms with Crippen LogP contribution in [0.2, 0.25) is 0 Å². The Kier molecular flexibility index (Phi) is 2.54. The van der Waals surface area contributed by atoms with Gasteiger partial charge in [-0.25, -0.2) is 4.98 Å². The molecule has 4 heteroatoms. The summed E-state index contributed by atoms with van der Waals surface area (Å²) in [5.41, 5.74) is 1.05. The molecule has 2 heterocycles. The number of nitrogens with zero attached hydrogens (tertiary/aromatic N) is 2. The number of imidazole rings is 1. The Morgan fingerprint density at radius 2 is 2.43 bits per heavy atom. The first-order chi connectivity index (χ1) is 6.79. The lowest BCUT2D eigenvalue weighted by Crippen LogP contribution is -2.02. The molecule has 0 amide bonds. The minimum Gasteiger partial charge on any atom is -0.359 e. The van der Waals surface area contributed by atoms with E-state index < -0.39 is 0 Å². The van der Waals surface area contributed by atoms with E-state index in [1.54, 1.807) is 11.3 Å². The highest BCUT2D eigenvalue weighted by molar-refractivity contribution is 7.09. The van der Waals surface area contributed by atoms with Crippen LogP contribution in [0, 0.1) is 6.92 Å². The Bertz CT molecular complexity index is 403. The molecule has 74 valence electrons. The Hall–Kier alpha value is -1.29. The van der Waals surface area contributed by atoms with Gasteiger partial charge in [-0.3, -0.25) is 0 Å². The molecule has 0 unspecified atom stereocenters. The van der Waals surface area contributed by atoms with Gasteiger partial charge >= 0.3 is 0 Å². The topological polar surface area (TPSA) is 29.9 Å². The van der Waals surface area contributed by atoms with E-state index in [1.807, 2.05) is 14.0 Å². The summed E-state index contributed by atoms with van der Waals surface area (Å²) < 4.78 is 2.13. The molecule has 0 saturated carbocycles. The molecule has 0 aromatic carbocycles. The zero-order valence-electron chi connectivity index (χ0n) is 8.32. The summed E-state index contributed by atoms with van der Waals surface area (Å²) >= 11 is 1.77. The molecule has 0 aliphatic carbocycles. The van der Waals surface area contributed by atoms with Crippen molar-refractivity contribution in [3.05, 3.63) is 34.3 Å². The molecular formula is C10H13N3S. The molecule has 0 spiro atoms. The van der Waals surface area contributed by atoms with Crippen LogP contribution < -0.4 is 5.32 Å². The van der Waals surface area contributed by atoms with E-state index in [0.29, 0.717) is 0 Å². The van der Waals surface area contributed by atoms with Crippen molar-refractivity contribution in [2.45, 2.75) is 13.5 Å². The molecule has 2 rings (SSSR count). The van der Waals surface area contributed by atoms with Gasteiger partial charge in [0, 0.05) is 18.1 Å². The largest absolute Gasteiger partial charge is 0.359 e. The first kappa shape index (κ1) is 9.27. The van der Waals surface area contributed by atoms with Gasteiger partial charge in [-0.05, 0) is 18.4 Å². The third-order valence-electron chi connectivity index (χ3n) is 2.03. The monoisotopic (exact) mass is 207 g/mol. The zero-order chi connectivity index (χ0) is 9.97. The highest BCUT2D eigenvalue weighted by Crippen LogP contribution is 2.14. The third-order valence-corrected chi connectivity index (χ3v) is 2.89. The first-order valence-electron chi connectivity index (χ1n) is 4.53. The van der Waals surface area contributed by atoms with Gasteiger partial charge in [-0.15, -0.1) is 11.3 Å². The standard InChI is InChI=1S/C10H13N3S/c1-8-6-13(10(11-2)12-8)7-9-4-3-5-14-9/h3-6H,7H2,1-2H3,(H,11,12). The van der Waals surface area contributed by atoms with Crippen molar-refractivity contribution in [3.8, 4) is 0 Å². The van der Waals surface area contributed by atoms with Gasteiger partial charge in [-0.1, -0.05) is 6.07 Å². The normalized spacial score (nSPS) is 10.4. The minimum atomic E-state index is 0.898. The molecular weight excluding hydrogens is 194 g/mol. The van der Waals surface area contributed by atoms with Gasteiger partial charge in [0.25, 0.3) is 0 Å². The van der Waals surface area contributed by atoms with Crippen LogP contribution in [0.3, 0.4) is 0 Å². The van der Waals surface area contributed by atoms with E-state index in [-0.39, 0.29) is 0 Å². The van der Waals surface area contributed by atoms with Crippen LogP contribution in [-0.4, -0.2) is 16.6 Å². The Balaban J connectivity index is 2.23. The van der Waals surface area contributed by atoms with Crippen molar-refractivity contribution in [1.82, 2.24) is 9.55 Å². The first-order valence-corrected chi connectivity index (χ1v) is 5.41. The number of aryl methyl sites for hydroxylation is 1. The molecule has 2 aromatic heterocycles. The van der Waals surface area contributed by atoms with E-state index in [0.717, 1.165) is 18.2 Å². The van der Waals surface area contributed by atoms with E-state index in [4.69, 9.17) is 0 Å². The zero-order valence-corrected chi connectivity index (χ0v) is 9.14. The molecule has 0 radical (unpaired) electrons. The summed E-state index contributed by atoms with van der Waals surface area (Å²) in [7, 11) is 1.90. The van der Waals surface area contributed by atoms with Crippen molar-refractivity contribution in [3.63, 3.8) is 0 Å². The average molecular weight is 207 g/mol. The van der Waals surface area contributed by atoms with Crippen molar-refractivity contribution < 1.29 is 0 Å². The molecule has 14 heavy (non-hydrogen) atoms. The third kappa shape index (κ3) is 1.80. The fourth-order valence-electron chi connectivity index (χ4n) is 1.44. The van der Waals surface area contributed by atoms with E-state index >= 15 is 0 Å². The molecule has 3 nitrogen and oxygen atoms in total. The van der Waals surface area contributed by atoms with Crippen molar-refractivity contribution in [2.75, 3.05) is 12.4 Å². The molecule has 0 aliphatic rings. The van der Waals surface area contributed by atoms with Crippen LogP contribution in [0.4, 0.5) is 5.95 Å². The number of nitrogens with one attached hydrogen (secondary N) is 1. The number of thiophene rings is 1. The maximum atomic E-state index is 4.37. The summed E-state index contributed by atoms with van der Waals surface area (Å²) in [6.45, 7) is 2.90. The smallest absolute Gasteiger partial charge is 0.203 e. The lowest BCUT2D eigenvalue weighted by atomic mass is 10.4. The van der Waals surface area contributed by atoms with Crippen LogP contribution in [0.1, 0.15) is 10.6 Å². The average Bonchev–Trinajstić information content (AvgIpc) is 2.76. The maximum absolute atomic E-state index is 4.37. The van der Waals surface area contributed by atoms with Gasteiger partial charge in [-0.2, -0.15) is 0 Å². The van der Waals surface area contributed by atoms with Crippen LogP contribution in [0.15, 0.2) is 23.7 Å². The van der Waals surface area contributed by atoms with Crippen LogP contribution in [0.5, 0.6) is 0 Å². The minimum absolute atomic E-state index is 0.898. The lowest BCUT2D eigenvalue weighted by Gasteiger charge is -2.04.